The van der Waals surface area contributed by atoms with Crippen LogP contribution >= 0.6 is 0 Å². The summed E-state index contributed by atoms with van der Waals surface area (Å²) in [5, 5.41) is 3.31. The Morgan fingerprint density at radius 3 is 1.77 bits per heavy atom. The van der Waals surface area contributed by atoms with E-state index in [-0.39, 0.29) is 0 Å². The Balaban J connectivity index is 1.01. The molecule has 0 amide bonds. The third kappa shape index (κ3) is 4.87. The molecule has 0 atom stereocenters. The number of imidazole rings is 1. The molecule has 284 valence electrons. The fourth-order valence-electron chi connectivity index (χ4n) is 10.2. The monoisotopic (exact) mass is 777 g/mol. The first kappa shape index (κ1) is 33.8. The van der Waals surface area contributed by atoms with Crippen molar-refractivity contribution in [1.29, 1.82) is 0 Å². The second kappa shape index (κ2) is 13.0. The van der Waals surface area contributed by atoms with Crippen LogP contribution < -0.4 is 4.74 Å². The van der Waals surface area contributed by atoms with E-state index in [0.717, 1.165) is 94.8 Å². The van der Waals surface area contributed by atoms with Crippen LogP contribution in [0.2, 0.25) is 0 Å². The van der Waals surface area contributed by atoms with Crippen molar-refractivity contribution in [3.05, 3.63) is 235 Å². The summed E-state index contributed by atoms with van der Waals surface area (Å²) >= 11 is 0. The van der Waals surface area contributed by atoms with Gasteiger partial charge in [-0.25, -0.2) is 9.97 Å². The number of para-hydroxylation sites is 4. The molecule has 0 saturated heterocycles. The number of hydrogen-bond donors (Lipinski definition) is 0. The maximum absolute atomic E-state index is 6.94. The average Bonchev–Trinajstić information content (AvgIpc) is 3.86. The predicted octanol–water partition coefficient (Wildman–Crippen LogP) is 14.2. The number of ether oxygens (including phenoxy) is 1. The van der Waals surface area contributed by atoms with Crippen molar-refractivity contribution >= 4 is 32.7 Å². The third-order valence-corrected chi connectivity index (χ3v) is 12.9. The standard InChI is InChI=1S/C57H35N3O/c1-3-15-37(16-4-1)55-45-35-54-49(57(48-23-11-14-26-53(48)61-54)46-21-9-7-19-41(46)42-20-8-10-22-47(42)57)34-44(45)43-32-31-39(33-51(43)58-55)36-27-29-38(30-28-36)56-59-50-24-12-13-25-52(50)60(56)40-17-5-2-6-18-40/h1-35H. The minimum absolute atomic E-state index is 0.559. The van der Waals surface area contributed by atoms with Crippen LogP contribution in [-0.2, 0) is 5.41 Å². The molecule has 0 unspecified atom stereocenters. The Kier molecular flexibility index (Phi) is 7.19. The molecular formula is C57H35N3O. The predicted molar refractivity (Wildman–Crippen MR) is 248 cm³/mol. The van der Waals surface area contributed by atoms with Crippen molar-refractivity contribution in [3.8, 4) is 62.1 Å². The largest absolute Gasteiger partial charge is 0.457 e. The molecule has 4 nitrogen and oxygen atoms in total. The molecule has 1 aliphatic carbocycles. The molecule has 1 spiro atoms. The van der Waals surface area contributed by atoms with Crippen LogP contribution in [0.5, 0.6) is 11.5 Å². The molecule has 9 aromatic carbocycles. The van der Waals surface area contributed by atoms with Gasteiger partial charge in [0.15, 0.2) is 0 Å². The van der Waals surface area contributed by atoms with Crippen molar-refractivity contribution in [2.75, 3.05) is 0 Å². The highest BCUT2D eigenvalue weighted by Crippen LogP contribution is 2.62. The van der Waals surface area contributed by atoms with Gasteiger partial charge in [0.05, 0.1) is 27.7 Å². The van der Waals surface area contributed by atoms with Gasteiger partial charge in [0.2, 0.25) is 0 Å². The van der Waals surface area contributed by atoms with E-state index in [4.69, 9.17) is 14.7 Å². The van der Waals surface area contributed by atoms with Gasteiger partial charge in [-0.15, -0.1) is 0 Å². The molecule has 0 radical (unpaired) electrons. The van der Waals surface area contributed by atoms with Gasteiger partial charge >= 0.3 is 0 Å². The van der Waals surface area contributed by atoms with Crippen molar-refractivity contribution < 1.29 is 4.74 Å². The van der Waals surface area contributed by atoms with E-state index in [1.807, 2.05) is 12.1 Å². The fraction of sp³-hybridized carbons (Fsp3) is 0.0175. The Labute approximate surface area is 352 Å². The van der Waals surface area contributed by atoms with Crippen molar-refractivity contribution in [1.82, 2.24) is 14.5 Å². The summed E-state index contributed by atoms with van der Waals surface area (Å²) in [6.45, 7) is 0. The molecule has 2 aliphatic rings. The van der Waals surface area contributed by atoms with Gasteiger partial charge in [-0.2, -0.15) is 0 Å². The summed E-state index contributed by atoms with van der Waals surface area (Å²) in [7, 11) is 0. The lowest BCUT2D eigenvalue weighted by molar-refractivity contribution is 0.437. The topological polar surface area (TPSA) is 39.9 Å². The molecule has 0 N–H and O–H groups in total. The molecule has 0 saturated carbocycles. The van der Waals surface area contributed by atoms with Gasteiger partial charge in [-0.05, 0) is 87.3 Å². The zero-order valence-electron chi connectivity index (χ0n) is 33.0. The Morgan fingerprint density at radius 1 is 0.377 bits per heavy atom. The number of pyridine rings is 1. The quantitative estimate of drug-likeness (QED) is 0.167. The van der Waals surface area contributed by atoms with Crippen LogP contribution in [0, 0.1) is 0 Å². The average molecular weight is 778 g/mol. The molecule has 3 heterocycles. The molecule has 0 fully saturated rings. The van der Waals surface area contributed by atoms with E-state index in [1.165, 1.54) is 22.3 Å². The van der Waals surface area contributed by atoms with Gasteiger partial charge in [0.1, 0.15) is 17.3 Å². The summed E-state index contributed by atoms with van der Waals surface area (Å²) < 4.78 is 9.19. The zero-order chi connectivity index (χ0) is 40.1. The lowest BCUT2D eigenvalue weighted by atomic mass is 9.65. The number of fused-ring (bicyclic) bond motifs is 13. The van der Waals surface area contributed by atoms with Gasteiger partial charge in [0, 0.05) is 38.7 Å². The van der Waals surface area contributed by atoms with Crippen molar-refractivity contribution in [2.45, 2.75) is 5.41 Å². The Bertz CT molecular complexity index is 3510. The van der Waals surface area contributed by atoms with E-state index in [1.54, 1.807) is 0 Å². The van der Waals surface area contributed by atoms with Crippen LogP contribution in [0.1, 0.15) is 22.3 Å². The lowest BCUT2D eigenvalue weighted by Crippen LogP contribution is -2.32. The van der Waals surface area contributed by atoms with Gasteiger partial charge in [-0.3, -0.25) is 4.57 Å². The number of benzene rings is 9. The van der Waals surface area contributed by atoms with Gasteiger partial charge < -0.3 is 4.74 Å². The first-order chi connectivity index (χ1) is 30.2. The summed E-state index contributed by atoms with van der Waals surface area (Å²) in [5.74, 6) is 2.65. The molecule has 61 heavy (non-hydrogen) atoms. The van der Waals surface area contributed by atoms with E-state index in [2.05, 4.69) is 205 Å². The van der Waals surface area contributed by atoms with Crippen LogP contribution in [0.3, 0.4) is 0 Å². The van der Waals surface area contributed by atoms with Gasteiger partial charge in [0.25, 0.3) is 0 Å². The van der Waals surface area contributed by atoms with E-state index in [9.17, 15) is 0 Å². The highest BCUT2D eigenvalue weighted by molar-refractivity contribution is 6.13. The summed E-state index contributed by atoms with van der Waals surface area (Å²) in [5.41, 5.74) is 16.2. The highest BCUT2D eigenvalue weighted by atomic mass is 16.5. The molecule has 13 rings (SSSR count). The SMILES string of the molecule is c1ccc(-c2nc3cc(-c4ccc(-c5nc6ccccc6n5-c5ccccc5)cc4)ccc3c3cc4c(cc23)Oc2ccccc2C42c3ccccc3-c3ccccc32)cc1. The Hall–Kier alpha value is -8.08. The molecule has 4 heteroatoms. The highest BCUT2D eigenvalue weighted by Gasteiger charge is 2.51. The first-order valence-corrected chi connectivity index (χ1v) is 20.8. The first-order valence-electron chi connectivity index (χ1n) is 20.8. The summed E-state index contributed by atoms with van der Waals surface area (Å²) in [6, 6.07) is 75.9. The van der Waals surface area contributed by atoms with Crippen LogP contribution in [0.15, 0.2) is 212 Å². The molecule has 11 aromatic rings. The van der Waals surface area contributed by atoms with E-state index >= 15 is 0 Å². The molecule has 0 bridgehead atoms. The van der Waals surface area contributed by atoms with Crippen molar-refractivity contribution in [2.24, 2.45) is 0 Å². The van der Waals surface area contributed by atoms with E-state index in [0.29, 0.717) is 0 Å². The molecular weight excluding hydrogens is 743 g/mol. The molecule has 1 aliphatic heterocycles. The second-order valence-corrected chi connectivity index (χ2v) is 16.1. The third-order valence-electron chi connectivity index (χ3n) is 12.9. The molecule has 2 aromatic heterocycles. The van der Waals surface area contributed by atoms with Crippen LogP contribution in [0.25, 0.3) is 83.3 Å². The number of nitrogens with zero attached hydrogens (tertiary/aromatic N) is 3. The zero-order valence-corrected chi connectivity index (χ0v) is 33.0. The maximum atomic E-state index is 6.94. The number of aromatic nitrogens is 3. The summed E-state index contributed by atoms with van der Waals surface area (Å²) in [4.78, 5) is 10.6. The summed E-state index contributed by atoms with van der Waals surface area (Å²) in [6.07, 6.45) is 0. The normalized spacial score (nSPS) is 13.2. The van der Waals surface area contributed by atoms with Crippen LogP contribution in [-0.4, -0.2) is 14.5 Å². The smallest absolute Gasteiger partial charge is 0.145 e. The number of rotatable bonds is 4. The second-order valence-electron chi connectivity index (χ2n) is 16.1. The minimum Gasteiger partial charge on any atom is -0.457 e. The number of hydrogen-bond acceptors (Lipinski definition) is 3. The maximum Gasteiger partial charge on any atom is 0.145 e. The Morgan fingerprint density at radius 2 is 1.00 bits per heavy atom. The minimum atomic E-state index is -0.559. The van der Waals surface area contributed by atoms with Crippen LogP contribution in [0.4, 0.5) is 0 Å². The van der Waals surface area contributed by atoms with Gasteiger partial charge in [-0.1, -0.05) is 164 Å². The van der Waals surface area contributed by atoms with E-state index < -0.39 is 5.41 Å². The fourth-order valence-corrected chi connectivity index (χ4v) is 10.2. The van der Waals surface area contributed by atoms with Crippen molar-refractivity contribution in [3.63, 3.8) is 0 Å². The lowest BCUT2D eigenvalue weighted by Gasteiger charge is -2.39.